The predicted octanol–water partition coefficient (Wildman–Crippen LogP) is 5.14. The van der Waals surface area contributed by atoms with E-state index in [9.17, 15) is 32.7 Å². The monoisotopic (exact) mass is 603 g/mol. The van der Waals surface area contributed by atoms with E-state index in [1.54, 1.807) is 34.6 Å². The van der Waals surface area contributed by atoms with Crippen LogP contribution in [-0.2, 0) is 14.3 Å². The zero-order chi connectivity index (χ0) is 31.1. The van der Waals surface area contributed by atoms with Gasteiger partial charge in [0.25, 0.3) is 0 Å². The molecule has 12 heteroatoms. The number of hydrogen-bond donors (Lipinski definition) is 4. The van der Waals surface area contributed by atoms with Crippen LogP contribution in [0.2, 0.25) is 0 Å². The molecule has 4 aliphatic rings. The minimum Gasteiger partial charge on any atom is -0.444 e. The van der Waals surface area contributed by atoms with Crippen molar-refractivity contribution in [3.8, 4) is 0 Å². The van der Waals surface area contributed by atoms with E-state index in [1.807, 2.05) is 0 Å². The van der Waals surface area contributed by atoms with Crippen molar-refractivity contribution >= 4 is 18.0 Å². The quantitative estimate of drug-likeness (QED) is 0.273. The van der Waals surface area contributed by atoms with Crippen molar-refractivity contribution in [3.05, 3.63) is 0 Å². The van der Waals surface area contributed by atoms with Crippen LogP contribution in [-0.4, -0.2) is 71.2 Å². The summed E-state index contributed by atoms with van der Waals surface area (Å²) in [6.07, 6.45) is -0.603. The van der Waals surface area contributed by atoms with E-state index < -0.39 is 47.6 Å². The number of ketones is 1. The number of carbonyl (C=O) groups is 3. The number of carbonyl (C=O) groups excluding carboxylic acids is 3. The fraction of sp³-hybridized carbons (Fsp3) is 0.900. The van der Waals surface area contributed by atoms with Crippen LogP contribution in [0.15, 0.2) is 0 Å². The summed E-state index contributed by atoms with van der Waals surface area (Å²) in [5.41, 5.74) is -3.25. The average Bonchev–Trinajstić information content (AvgIpc) is 3.57. The van der Waals surface area contributed by atoms with E-state index in [0.29, 0.717) is 38.5 Å². The second kappa shape index (κ2) is 11.8. The van der Waals surface area contributed by atoms with Gasteiger partial charge in [-0.2, -0.15) is 13.2 Å². The van der Waals surface area contributed by atoms with Crippen LogP contribution >= 0.6 is 0 Å². The Morgan fingerprint density at radius 1 is 0.976 bits per heavy atom. The van der Waals surface area contributed by atoms with Gasteiger partial charge in [-0.25, -0.2) is 9.59 Å². The Labute approximate surface area is 246 Å². The summed E-state index contributed by atoms with van der Waals surface area (Å²) in [5, 5.41) is 19.1. The van der Waals surface area contributed by atoms with Crippen LogP contribution in [0, 0.1) is 16.7 Å². The van der Waals surface area contributed by atoms with Gasteiger partial charge in [-0.15, -0.1) is 0 Å². The van der Waals surface area contributed by atoms with E-state index in [4.69, 9.17) is 9.47 Å². The second-order valence-corrected chi connectivity index (χ2v) is 15.0. The number of aliphatic hydroxyl groups excluding tert-OH is 1. The molecule has 2 amide bonds. The SMILES string of the molecule is CC(C)(C)OC(=O)NC1CCC(N[C@@H](CO)CC2(C(F)(F)F)CC2)CC1CC(C)(C)OC(=O)NC1CC2(CC(=O)C2)C1. The number of alkyl carbamates (subject to hydrolysis) is 2. The molecule has 0 aliphatic heterocycles. The van der Waals surface area contributed by atoms with Crippen LogP contribution in [0.1, 0.15) is 105 Å². The number of alkyl halides is 3. The lowest BCUT2D eigenvalue weighted by Crippen LogP contribution is -2.57. The molecule has 1 spiro atoms. The molecule has 4 N–H and O–H groups in total. The highest BCUT2D eigenvalue weighted by Gasteiger charge is 2.63. The van der Waals surface area contributed by atoms with Gasteiger partial charge < -0.3 is 30.5 Å². The third kappa shape index (κ3) is 8.30. The van der Waals surface area contributed by atoms with E-state index in [1.165, 1.54) is 0 Å². The fourth-order valence-corrected chi connectivity index (χ4v) is 7.31. The summed E-state index contributed by atoms with van der Waals surface area (Å²) < 4.78 is 52.0. The molecule has 42 heavy (non-hydrogen) atoms. The first kappa shape index (κ1) is 32.8. The van der Waals surface area contributed by atoms with Crippen molar-refractivity contribution in [1.29, 1.82) is 0 Å². The molecule has 4 atom stereocenters. The summed E-state index contributed by atoms with van der Waals surface area (Å²) >= 11 is 0. The van der Waals surface area contributed by atoms with Gasteiger partial charge in [-0.3, -0.25) is 4.79 Å². The maximum atomic E-state index is 13.6. The Kier molecular flexibility index (Phi) is 9.21. The van der Waals surface area contributed by atoms with Gasteiger partial charge in [-0.1, -0.05) is 0 Å². The van der Waals surface area contributed by atoms with Crippen LogP contribution < -0.4 is 16.0 Å². The molecule has 0 aromatic heterocycles. The first-order valence-electron chi connectivity index (χ1n) is 15.3. The molecule has 9 nitrogen and oxygen atoms in total. The number of hydrogen-bond acceptors (Lipinski definition) is 7. The molecule has 4 rings (SSSR count). The van der Waals surface area contributed by atoms with Gasteiger partial charge in [0.1, 0.15) is 17.0 Å². The lowest BCUT2D eigenvalue weighted by molar-refractivity contribution is -0.191. The topological polar surface area (TPSA) is 126 Å². The summed E-state index contributed by atoms with van der Waals surface area (Å²) in [7, 11) is 0. The minimum absolute atomic E-state index is 0.0203. The van der Waals surface area contributed by atoms with E-state index in [0.717, 1.165) is 12.8 Å². The number of amides is 2. The highest BCUT2D eigenvalue weighted by molar-refractivity contribution is 5.86. The van der Waals surface area contributed by atoms with Crippen LogP contribution in [0.25, 0.3) is 0 Å². The average molecular weight is 604 g/mol. The molecule has 4 saturated carbocycles. The number of nitrogens with one attached hydrogen (secondary N) is 3. The molecular weight excluding hydrogens is 555 g/mol. The predicted molar refractivity (Wildman–Crippen MR) is 149 cm³/mol. The zero-order valence-corrected chi connectivity index (χ0v) is 25.5. The molecule has 0 saturated heterocycles. The van der Waals surface area contributed by atoms with Crippen LogP contribution in [0.3, 0.4) is 0 Å². The number of rotatable bonds is 10. The van der Waals surface area contributed by atoms with E-state index >= 15 is 0 Å². The Hall–Kier alpha value is -2.08. The third-order valence-corrected chi connectivity index (χ3v) is 9.42. The standard InChI is InChI=1S/C30H48F3N3O6/c1-26(2,3)41-25(40)36-23-7-6-19(34-21(17-37)14-29(8-9-29)30(31,32)33)10-18(23)11-27(4,5)42-24(39)35-20-12-28(13-20)15-22(38)16-28/h18-21,23,34,37H,6-17H2,1-5H3,(H,35,39)(H,36,40)/t18?,19?,21-,23?/m1/s1. The number of aliphatic hydroxyl groups is 1. The Morgan fingerprint density at radius 3 is 2.12 bits per heavy atom. The molecular formula is C30H48F3N3O6. The second-order valence-electron chi connectivity index (χ2n) is 15.0. The molecule has 0 aromatic carbocycles. The van der Waals surface area contributed by atoms with Gasteiger partial charge in [0.05, 0.1) is 12.0 Å². The maximum absolute atomic E-state index is 13.6. The summed E-state index contributed by atoms with van der Waals surface area (Å²) in [4.78, 5) is 36.8. The lowest BCUT2D eigenvalue weighted by atomic mass is 9.53. The normalized spacial score (nSPS) is 27.8. The fourth-order valence-electron chi connectivity index (χ4n) is 7.31. The number of halogens is 3. The lowest BCUT2D eigenvalue weighted by Gasteiger charge is -2.52. The molecule has 0 radical (unpaired) electrons. The van der Waals surface area contributed by atoms with Gasteiger partial charge >= 0.3 is 18.4 Å². The van der Waals surface area contributed by atoms with Crippen molar-refractivity contribution in [1.82, 2.24) is 16.0 Å². The highest BCUT2D eigenvalue weighted by atomic mass is 19.4. The number of Topliss-reactive ketones (excluding diaryl/α,β-unsaturated/α-hetero) is 1. The Bertz CT molecular complexity index is 1010. The van der Waals surface area contributed by atoms with Crippen molar-refractivity contribution in [2.75, 3.05) is 6.61 Å². The zero-order valence-electron chi connectivity index (χ0n) is 25.5. The van der Waals surface area contributed by atoms with Crippen molar-refractivity contribution < 1.29 is 42.1 Å². The smallest absolute Gasteiger partial charge is 0.407 e. The van der Waals surface area contributed by atoms with Crippen molar-refractivity contribution in [2.45, 2.75) is 147 Å². The van der Waals surface area contributed by atoms with E-state index in [-0.39, 0.29) is 54.5 Å². The maximum Gasteiger partial charge on any atom is 0.407 e. The van der Waals surface area contributed by atoms with Crippen molar-refractivity contribution in [2.24, 2.45) is 16.7 Å². The third-order valence-electron chi connectivity index (χ3n) is 9.42. The van der Waals surface area contributed by atoms with Gasteiger partial charge in [0.15, 0.2) is 0 Å². The molecule has 0 bridgehead atoms. The molecule has 4 aliphatic carbocycles. The summed E-state index contributed by atoms with van der Waals surface area (Å²) in [5.74, 6) is 0.0982. The number of ether oxygens (including phenoxy) is 2. The van der Waals surface area contributed by atoms with E-state index in [2.05, 4.69) is 16.0 Å². The minimum atomic E-state index is -4.29. The molecule has 0 heterocycles. The van der Waals surface area contributed by atoms with Gasteiger partial charge in [0.2, 0.25) is 0 Å². The van der Waals surface area contributed by atoms with Crippen LogP contribution in [0.5, 0.6) is 0 Å². The van der Waals surface area contributed by atoms with Crippen LogP contribution in [0.4, 0.5) is 22.8 Å². The summed E-state index contributed by atoms with van der Waals surface area (Å²) in [6, 6.07) is -1.17. The molecule has 240 valence electrons. The van der Waals surface area contributed by atoms with Gasteiger partial charge in [0, 0.05) is 37.0 Å². The van der Waals surface area contributed by atoms with Crippen molar-refractivity contribution in [3.63, 3.8) is 0 Å². The molecule has 4 fully saturated rings. The Morgan fingerprint density at radius 2 is 1.60 bits per heavy atom. The largest absolute Gasteiger partial charge is 0.444 e. The summed E-state index contributed by atoms with van der Waals surface area (Å²) in [6.45, 7) is 8.53. The highest BCUT2D eigenvalue weighted by Crippen LogP contribution is 2.60. The first-order valence-corrected chi connectivity index (χ1v) is 15.3. The molecule has 3 unspecified atom stereocenters. The van der Waals surface area contributed by atoms with Gasteiger partial charge in [-0.05, 0) is 104 Å². The Balaban J connectivity index is 1.36. The molecule has 0 aromatic rings. The first-order chi connectivity index (χ1) is 19.3.